The van der Waals surface area contributed by atoms with Gasteiger partial charge in [0.15, 0.2) is 0 Å². The van der Waals surface area contributed by atoms with E-state index >= 15 is 0 Å². The Hall–Kier alpha value is -1.94. The highest BCUT2D eigenvalue weighted by atomic mass is 16.5. The van der Waals surface area contributed by atoms with Crippen LogP contribution in [0.4, 0.5) is 0 Å². The van der Waals surface area contributed by atoms with E-state index in [2.05, 4.69) is 18.6 Å². The van der Waals surface area contributed by atoms with Gasteiger partial charge in [-0.3, -0.25) is 0 Å². The molecule has 0 saturated heterocycles. The van der Waals surface area contributed by atoms with E-state index in [0.717, 1.165) is 17.7 Å². The highest BCUT2D eigenvalue weighted by molar-refractivity contribution is 5.62. The van der Waals surface area contributed by atoms with Crippen molar-refractivity contribution in [3.8, 4) is 18.1 Å². The summed E-state index contributed by atoms with van der Waals surface area (Å²) < 4.78 is 5.37. The fourth-order valence-electron chi connectivity index (χ4n) is 1.62. The van der Waals surface area contributed by atoms with Gasteiger partial charge in [0.25, 0.3) is 0 Å². The van der Waals surface area contributed by atoms with Crippen LogP contribution in [0.3, 0.4) is 0 Å². The largest absolute Gasteiger partial charge is 0.481 e. The average molecular weight is 196 g/mol. The van der Waals surface area contributed by atoms with Crippen LogP contribution in [0.15, 0.2) is 36.4 Å². The fourth-order valence-corrected chi connectivity index (χ4v) is 1.62. The lowest BCUT2D eigenvalue weighted by atomic mass is 9.94. The normalized spacial score (nSPS) is 13.1. The minimum absolute atomic E-state index is 0.315. The van der Waals surface area contributed by atoms with Crippen LogP contribution in [0.5, 0.6) is 5.75 Å². The smallest absolute Gasteiger partial charge is 0.148 e. The van der Waals surface area contributed by atoms with Crippen molar-refractivity contribution in [2.24, 2.45) is 0 Å². The summed E-state index contributed by atoms with van der Waals surface area (Å²) >= 11 is 0. The van der Waals surface area contributed by atoms with Crippen molar-refractivity contribution in [2.45, 2.75) is 6.42 Å². The molecule has 0 unspecified atom stereocenters. The predicted molar refractivity (Wildman–Crippen MR) is 62.6 cm³/mol. The molecule has 1 nitrogen and oxygen atoms in total. The summed E-state index contributed by atoms with van der Waals surface area (Å²) in [5.41, 5.74) is 3.60. The van der Waals surface area contributed by atoms with Gasteiger partial charge in [-0.05, 0) is 29.7 Å². The molecule has 0 radical (unpaired) electrons. The van der Waals surface area contributed by atoms with Crippen molar-refractivity contribution in [1.82, 2.24) is 0 Å². The first-order valence-corrected chi connectivity index (χ1v) is 4.84. The van der Waals surface area contributed by atoms with Crippen molar-refractivity contribution in [2.75, 3.05) is 6.61 Å². The summed E-state index contributed by atoms with van der Waals surface area (Å²) in [5.74, 6) is 3.28. The number of benzene rings is 1. The number of ether oxygens (including phenoxy) is 1. The molecule has 1 aliphatic carbocycles. The van der Waals surface area contributed by atoms with Gasteiger partial charge in [0.2, 0.25) is 0 Å². The van der Waals surface area contributed by atoms with Crippen LogP contribution in [-0.2, 0) is 6.42 Å². The third-order valence-corrected chi connectivity index (χ3v) is 2.35. The number of fused-ring (bicyclic) bond motifs is 1. The zero-order chi connectivity index (χ0) is 10.7. The average Bonchev–Trinajstić information content (AvgIpc) is 2.25. The minimum Gasteiger partial charge on any atom is -0.481 e. The van der Waals surface area contributed by atoms with E-state index in [1.807, 2.05) is 24.3 Å². The van der Waals surface area contributed by atoms with Crippen LogP contribution in [0, 0.1) is 12.3 Å². The van der Waals surface area contributed by atoms with Gasteiger partial charge in [-0.2, -0.15) is 0 Å². The lowest BCUT2D eigenvalue weighted by Crippen LogP contribution is -1.99. The summed E-state index contributed by atoms with van der Waals surface area (Å²) in [7, 11) is 0. The summed E-state index contributed by atoms with van der Waals surface area (Å²) in [6.07, 6.45) is 10.1. The van der Waals surface area contributed by atoms with Crippen LogP contribution >= 0.6 is 0 Å². The molecule has 1 heteroatoms. The fraction of sp³-hybridized carbons (Fsp3) is 0.143. The van der Waals surface area contributed by atoms with Crippen molar-refractivity contribution in [3.63, 3.8) is 0 Å². The second kappa shape index (κ2) is 4.06. The Bertz CT molecular complexity index is 461. The second-order valence-electron chi connectivity index (χ2n) is 3.52. The number of terminal acetylenes is 1. The first kappa shape index (κ1) is 9.61. The molecule has 74 valence electrons. The second-order valence-corrected chi connectivity index (χ2v) is 3.52. The van der Waals surface area contributed by atoms with E-state index in [-0.39, 0.29) is 0 Å². The van der Waals surface area contributed by atoms with Gasteiger partial charge in [-0.1, -0.05) is 36.3 Å². The first-order valence-electron chi connectivity index (χ1n) is 4.84. The van der Waals surface area contributed by atoms with Gasteiger partial charge in [-0.15, -0.1) is 6.42 Å². The van der Waals surface area contributed by atoms with Crippen LogP contribution in [0.2, 0.25) is 0 Å². The van der Waals surface area contributed by atoms with E-state index < -0.39 is 0 Å². The van der Waals surface area contributed by atoms with Crippen LogP contribution in [-0.4, -0.2) is 6.61 Å². The van der Waals surface area contributed by atoms with Crippen LogP contribution in [0.25, 0.3) is 6.08 Å². The third-order valence-electron chi connectivity index (χ3n) is 2.35. The highest BCUT2D eigenvalue weighted by Crippen LogP contribution is 2.25. The molecular weight excluding hydrogens is 184 g/mol. The highest BCUT2D eigenvalue weighted by Gasteiger charge is 2.07. The predicted octanol–water partition coefficient (Wildman–Crippen LogP) is 2.82. The monoisotopic (exact) mass is 196 g/mol. The quantitative estimate of drug-likeness (QED) is 0.661. The molecule has 15 heavy (non-hydrogen) atoms. The zero-order valence-electron chi connectivity index (χ0n) is 8.49. The van der Waals surface area contributed by atoms with Gasteiger partial charge < -0.3 is 4.74 Å². The molecule has 0 saturated carbocycles. The van der Waals surface area contributed by atoms with Crippen molar-refractivity contribution >= 4 is 6.08 Å². The van der Waals surface area contributed by atoms with Gasteiger partial charge in [0.1, 0.15) is 12.4 Å². The summed E-state index contributed by atoms with van der Waals surface area (Å²) in [5, 5.41) is 0. The van der Waals surface area contributed by atoms with E-state index in [4.69, 9.17) is 11.2 Å². The number of hydrogen-bond acceptors (Lipinski definition) is 1. The molecule has 0 fully saturated rings. The molecule has 1 aromatic carbocycles. The molecule has 0 aromatic heterocycles. The lowest BCUT2D eigenvalue weighted by Gasteiger charge is -2.13. The molecule has 0 aliphatic heterocycles. The summed E-state index contributed by atoms with van der Waals surface area (Å²) in [6, 6.07) is 6.01. The topological polar surface area (TPSA) is 9.23 Å². The van der Waals surface area contributed by atoms with E-state index in [0.29, 0.717) is 6.61 Å². The maximum Gasteiger partial charge on any atom is 0.148 e. The molecule has 1 aliphatic rings. The number of hydrogen-bond donors (Lipinski definition) is 0. The van der Waals surface area contributed by atoms with Gasteiger partial charge >= 0.3 is 0 Å². The Kier molecular flexibility index (Phi) is 2.60. The Labute approximate surface area is 90.1 Å². The minimum atomic E-state index is 0.315. The van der Waals surface area contributed by atoms with Gasteiger partial charge in [0, 0.05) is 0 Å². The van der Waals surface area contributed by atoms with E-state index in [1.54, 1.807) is 0 Å². The number of rotatable bonds is 2. The molecule has 0 heterocycles. The molecule has 0 N–H and O–H groups in total. The lowest BCUT2D eigenvalue weighted by molar-refractivity contribution is 0.370. The molecule has 0 atom stereocenters. The molecular formula is C14H12O. The number of allylic oxidation sites excluding steroid dienone is 2. The molecule has 0 bridgehead atoms. The Morgan fingerprint density at radius 1 is 1.40 bits per heavy atom. The standard InChI is InChI=1S/C14H12O/c1-3-8-15-14-7-6-12-5-4-11(2)9-13(12)10-14/h1,4-7,10H,2,8-9H2. The first-order chi connectivity index (χ1) is 7.29. The third kappa shape index (κ3) is 2.11. The molecule has 1 aromatic rings. The van der Waals surface area contributed by atoms with Crippen LogP contribution in [0.1, 0.15) is 11.1 Å². The maximum atomic E-state index is 5.37. The Balaban J connectivity index is 2.27. The van der Waals surface area contributed by atoms with Gasteiger partial charge in [0.05, 0.1) is 0 Å². The van der Waals surface area contributed by atoms with Crippen LogP contribution < -0.4 is 4.74 Å². The van der Waals surface area contributed by atoms with E-state index in [1.165, 1.54) is 11.1 Å². The Morgan fingerprint density at radius 2 is 2.27 bits per heavy atom. The van der Waals surface area contributed by atoms with E-state index in [9.17, 15) is 0 Å². The maximum absolute atomic E-state index is 5.37. The van der Waals surface area contributed by atoms with Crippen molar-refractivity contribution < 1.29 is 4.74 Å². The molecule has 2 rings (SSSR count). The zero-order valence-corrected chi connectivity index (χ0v) is 8.49. The molecule has 0 amide bonds. The summed E-state index contributed by atoms with van der Waals surface area (Å²) in [6.45, 7) is 4.26. The van der Waals surface area contributed by atoms with Gasteiger partial charge in [-0.25, -0.2) is 0 Å². The van der Waals surface area contributed by atoms with Crippen molar-refractivity contribution in [3.05, 3.63) is 47.6 Å². The summed E-state index contributed by atoms with van der Waals surface area (Å²) in [4.78, 5) is 0. The molecule has 0 spiro atoms. The van der Waals surface area contributed by atoms with Crippen molar-refractivity contribution in [1.29, 1.82) is 0 Å². The Morgan fingerprint density at radius 3 is 3.07 bits per heavy atom. The SMILES string of the molecule is C#CCOc1ccc2c(c1)CC(=C)C=C2.